The molecule has 0 heterocycles. The van der Waals surface area contributed by atoms with Crippen molar-refractivity contribution in [1.29, 1.82) is 0 Å². The highest BCUT2D eigenvalue weighted by molar-refractivity contribution is 6.33. The molecule has 0 saturated heterocycles. The first-order valence-electron chi connectivity index (χ1n) is 5.29. The van der Waals surface area contributed by atoms with E-state index in [0.29, 0.717) is 11.1 Å². The fraction of sp³-hybridized carbons (Fsp3) is 0. The van der Waals surface area contributed by atoms with Crippen molar-refractivity contribution in [3.8, 4) is 0 Å². The fourth-order valence-corrected chi connectivity index (χ4v) is 1.59. The van der Waals surface area contributed by atoms with Gasteiger partial charge in [0.05, 0.1) is 16.4 Å². The highest BCUT2D eigenvalue weighted by Crippen LogP contribution is 2.21. The molecule has 0 unspecified atom stereocenters. The summed E-state index contributed by atoms with van der Waals surface area (Å²) in [6, 6.07) is 7.17. The number of amides is 1. The lowest BCUT2D eigenvalue weighted by Gasteiger charge is -2.07. The summed E-state index contributed by atoms with van der Waals surface area (Å²) in [4.78, 5) is 11.8. The minimum absolute atomic E-state index is 0.111. The van der Waals surface area contributed by atoms with Crippen LogP contribution in [0.25, 0.3) is 0 Å². The van der Waals surface area contributed by atoms with E-state index in [9.17, 15) is 13.6 Å². The van der Waals surface area contributed by atoms with Crippen molar-refractivity contribution in [2.24, 2.45) is 0 Å². The molecule has 0 aliphatic heterocycles. The largest absolute Gasteiger partial charge is 0.398 e. The maximum absolute atomic E-state index is 13.4. The lowest BCUT2D eigenvalue weighted by Crippen LogP contribution is -2.13. The van der Waals surface area contributed by atoms with Crippen LogP contribution in [0, 0.1) is 11.6 Å². The van der Waals surface area contributed by atoms with Crippen LogP contribution in [0.5, 0.6) is 0 Å². The third-order valence-electron chi connectivity index (χ3n) is 2.44. The predicted molar refractivity (Wildman–Crippen MR) is 70.2 cm³/mol. The SMILES string of the molecule is Nc1cc(C(=O)Nc2ccc(F)cc2F)ccc1Cl. The van der Waals surface area contributed by atoms with Crippen molar-refractivity contribution in [1.82, 2.24) is 0 Å². The molecule has 0 radical (unpaired) electrons. The molecule has 0 bridgehead atoms. The van der Waals surface area contributed by atoms with Gasteiger partial charge in [0.15, 0.2) is 0 Å². The first kappa shape index (κ1) is 13.3. The summed E-state index contributed by atoms with van der Waals surface area (Å²) >= 11 is 5.73. The quantitative estimate of drug-likeness (QED) is 0.829. The second-order valence-electron chi connectivity index (χ2n) is 3.81. The summed E-state index contributed by atoms with van der Waals surface area (Å²) in [5, 5.41) is 2.64. The third-order valence-corrected chi connectivity index (χ3v) is 2.78. The summed E-state index contributed by atoms with van der Waals surface area (Å²) in [5.41, 5.74) is 5.93. The van der Waals surface area contributed by atoms with Crippen LogP contribution >= 0.6 is 11.6 Å². The average molecular weight is 283 g/mol. The van der Waals surface area contributed by atoms with E-state index in [1.165, 1.54) is 18.2 Å². The molecule has 19 heavy (non-hydrogen) atoms. The Morgan fingerprint density at radius 3 is 2.53 bits per heavy atom. The van der Waals surface area contributed by atoms with Gasteiger partial charge in [-0.1, -0.05) is 11.6 Å². The maximum Gasteiger partial charge on any atom is 0.255 e. The number of nitrogen functional groups attached to an aromatic ring is 1. The molecule has 0 spiro atoms. The van der Waals surface area contributed by atoms with E-state index in [0.717, 1.165) is 12.1 Å². The van der Waals surface area contributed by atoms with Crippen LogP contribution < -0.4 is 11.1 Å². The van der Waals surface area contributed by atoms with E-state index in [1.807, 2.05) is 0 Å². The standard InChI is InChI=1S/C13H9ClF2N2O/c14-9-3-1-7(5-11(9)17)13(19)18-12-4-2-8(15)6-10(12)16/h1-6H,17H2,(H,18,19). The summed E-state index contributed by atoms with van der Waals surface area (Å²) in [6.45, 7) is 0. The molecule has 2 rings (SSSR count). The van der Waals surface area contributed by atoms with E-state index in [-0.39, 0.29) is 16.9 Å². The van der Waals surface area contributed by atoms with Crippen LogP contribution in [-0.2, 0) is 0 Å². The third kappa shape index (κ3) is 3.00. The Kier molecular flexibility index (Phi) is 3.66. The van der Waals surface area contributed by atoms with Crippen LogP contribution in [0.4, 0.5) is 20.2 Å². The molecule has 0 aromatic heterocycles. The Hall–Kier alpha value is -2.14. The van der Waals surface area contributed by atoms with Gasteiger partial charge in [0, 0.05) is 11.6 Å². The fourth-order valence-electron chi connectivity index (χ4n) is 1.47. The highest BCUT2D eigenvalue weighted by atomic mass is 35.5. The van der Waals surface area contributed by atoms with Gasteiger partial charge in [-0.3, -0.25) is 4.79 Å². The minimum atomic E-state index is -0.852. The number of hydrogen-bond donors (Lipinski definition) is 2. The smallest absolute Gasteiger partial charge is 0.255 e. The van der Waals surface area contributed by atoms with Crippen molar-refractivity contribution in [2.45, 2.75) is 0 Å². The monoisotopic (exact) mass is 282 g/mol. The molecule has 0 atom stereocenters. The molecular weight excluding hydrogens is 274 g/mol. The topological polar surface area (TPSA) is 55.1 Å². The van der Waals surface area contributed by atoms with Crippen LogP contribution in [0.2, 0.25) is 5.02 Å². The Bertz CT molecular complexity index is 647. The van der Waals surface area contributed by atoms with Gasteiger partial charge in [-0.2, -0.15) is 0 Å². The number of carbonyl (C=O) groups is 1. The Labute approximate surface area is 113 Å². The molecule has 6 heteroatoms. The number of anilines is 2. The second-order valence-corrected chi connectivity index (χ2v) is 4.22. The molecule has 0 aliphatic rings. The van der Waals surface area contributed by atoms with Crippen molar-refractivity contribution in [3.05, 3.63) is 58.6 Å². The van der Waals surface area contributed by atoms with E-state index < -0.39 is 17.5 Å². The van der Waals surface area contributed by atoms with Gasteiger partial charge in [-0.15, -0.1) is 0 Å². The number of carbonyl (C=O) groups excluding carboxylic acids is 1. The van der Waals surface area contributed by atoms with Gasteiger partial charge >= 0.3 is 0 Å². The van der Waals surface area contributed by atoms with Crippen LogP contribution in [0.1, 0.15) is 10.4 Å². The van der Waals surface area contributed by atoms with Gasteiger partial charge in [0.2, 0.25) is 0 Å². The van der Waals surface area contributed by atoms with Crippen molar-refractivity contribution in [2.75, 3.05) is 11.1 Å². The van der Waals surface area contributed by atoms with Crippen molar-refractivity contribution >= 4 is 28.9 Å². The molecule has 2 aromatic carbocycles. The number of halogens is 3. The number of nitrogens with one attached hydrogen (secondary N) is 1. The molecule has 3 nitrogen and oxygen atoms in total. The van der Waals surface area contributed by atoms with Crippen molar-refractivity contribution in [3.63, 3.8) is 0 Å². The number of hydrogen-bond acceptors (Lipinski definition) is 2. The number of benzene rings is 2. The predicted octanol–water partition coefficient (Wildman–Crippen LogP) is 3.45. The Morgan fingerprint density at radius 1 is 1.16 bits per heavy atom. The molecule has 0 aliphatic carbocycles. The summed E-state index contributed by atoms with van der Waals surface area (Å²) < 4.78 is 26.1. The second kappa shape index (κ2) is 5.24. The molecular formula is C13H9ClF2N2O. The van der Waals surface area contributed by atoms with Gasteiger partial charge < -0.3 is 11.1 Å². The van der Waals surface area contributed by atoms with Gasteiger partial charge in [-0.25, -0.2) is 8.78 Å². The summed E-state index contributed by atoms with van der Waals surface area (Å²) in [6.07, 6.45) is 0. The molecule has 1 amide bonds. The molecule has 3 N–H and O–H groups in total. The number of rotatable bonds is 2. The first-order valence-corrected chi connectivity index (χ1v) is 5.66. The Morgan fingerprint density at radius 2 is 1.89 bits per heavy atom. The van der Waals surface area contributed by atoms with E-state index >= 15 is 0 Å². The van der Waals surface area contributed by atoms with E-state index in [1.54, 1.807) is 0 Å². The van der Waals surface area contributed by atoms with Crippen LogP contribution in [0.3, 0.4) is 0 Å². The van der Waals surface area contributed by atoms with Gasteiger partial charge in [-0.05, 0) is 30.3 Å². The maximum atomic E-state index is 13.4. The zero-order chi connectivity index (χ0) is 14.0. The first-order chi connectivity index (χ1) is 8.97. The lowest BCUT2D eigenvalue weighted by molar-refractivity contribution is 0.102. The minimum Gasteiger partial charge on any atom is -0.398 e. The van der Waals surface area contributed by atoms with E-state index in [2.05, 4.69) is 5.32 Å². The summed E-state index contributed by atoms with van der Waals surface area (Å²) in [7, 11) is 0. The Balaban J connectivity index is 2.23. The van der Waals surface area contributed by atoms with Crippen molar-refractivity contribution < 1.29 is 13.6 Å². The van der Waals surface area contributed by atoms with Crippen LogP contribution in [0.15, 0.2) is 36.4 Å². The highest BCUT2D eigenvalue weighted by Gasteiger charge is 2.11. The van der Waals surface area contributed by atoms with E-state index in [4.69, 9.17) is 17.3 Å². The molecule has 2 aromatic rings. The van der Waals surface area contributed by atoms with Gasteiger partial charge in [0.1, 0.15) is 11.6 Å². The normalized spacial score (nSPS) is 10.3. The van der Waals surface area contributed by atoms with Gasteiger partial charge in [0.25, 0.3) is 5.91 Å². The molecule has 0 saturated carbocycles. The summed E-state index contributed by atoms with van der Waals surface area (Å²) in [5.74, 6) is -2.13. The average Bonchev–Trinajstić information content (AvgIpc) is 2.36. The molecule has 98 valence electrons. The van der Waals surface area contributed by atoms with Crippen LogP contribution in [-0.4, -0.2) is 5.91 Å². The lowest BCUT2D eigenvalue weighted by atomic mass is 10.2. The zero-order valence-corrected chi connectivity index (χ0v) is 10.3. The molecule has 0 fully saturated rings. The number of nitrogens with two attached hydrogens (primary N) is 1. The zero-order valence-electron chi connectivity index (χ0n) is 9.58.